The van der Waals surface area contributed by atoms with Crippen molar-refractivity contribution < 1.29 is 13.7 Å². The van der Waals surface area contributed by atoms with Gasteiger partial charge >= 0.3 is 0 Å². The largest absolute Gasteiger partial charge is 0.368 e. The first-order chi connectivity index (χ1) is 14.1. The molecule has 8 heteroatoms. The number of hydrogen-bond acceptors (Lipinski definition) is 5. The zero-order valence-corrected chi connectivity index (χ0v) is 16.5. The summed E-state index contributed by atoms with van der Waals surface area (Å²) in [6.45, 7) is 2.70. The quantitative estimate of drug-likeness (QED) is 0.635. The summed E-state index contributed by atoms with van der Waals surface area (Å²) in [4.78, 5) is 20.9. The van der Waals surface area contributed by atoms with E-state index >= 15 is 0 Å². The highest BCUT2D eigenvalue weighted by atomic mass is 35.5. The maximum atomic E-state index is 13.1. The number of halogens is 2. The Morgan fingerprint density at radius 2 is 1.86 bits per heavy atom. The number of carbonyl (C=O) groups excluding carboxylic acids is 1. The second-order valence-electron chi connectivity index (χ2n) is 6.87. The molecule has 4 rings (SSSR count). The van der Waals surface area contributed by atoms with E-state index < -0.39 is 0 Å². The molecule has 0 radical (unpaired) electrons. The normalized spacial score (nSPS) is 14.3. The second kappa shape index (κ2) is 8.61. The monoisotopic (exact) mass is 414 g/mol. The van der Waals surface area contributed by atoms with Crippen LogP contribution >= 0.6 is 11.6 Å². The molecular formula is C21H20ClFN4O2. The molecule has 1 fully saturated rings. The lowest BCUT2D eigenvalue weighted by Crippen LogP contribution is -2.48. The summed E-state index contributed by atoms with van der Waals surface area (Å²) in [7, 11) is 0. The first kappa shape index (κ1) is 19.4. The minimum absolute atomic E-state index is 0.0614. The zero-order chi connectivity index (χ0) is 20.2. The van der Waals surface area contributed by atoms with Gasteiger partial charge in [-0.1, -0.05) is 28.9 Å². The van der Waals surface area contributed by atoms with Crippen molar-refractivity contribution in [1.29, 1.82) is 0 Å². The summed E-state index contributed by atoms with van der Waals surface area (Å²) >= 11 is 5.99. The van der Waals surface area contributed by atoms with Gasteiger partial charge in [-0.15, -0.1) is 0 Å². The summed E-state index contributed by atoms with van der Waals surface area (Å²) in [5.74, 6) is 0.703. The van der Waals surface area contributed by atoms with Crippen LogP contribution in [0, 0.1) is 5.82 Å². The molecule has 2 aromatic carbocycles. The van der Waals surface area contributed by atoms with Crippen molar-refractivity contribution in [3.8, 4) is 11.4 Å². The minimum Gasteiger partial charge on any atom is -0.368 e. The first-order valence-corrected chi connectivity index (χ1v) is 9.83. The number of anilines is 1. The van der Waals surface area contributed by atoms with Crippen LogP contribution in [0.3, 0.4) is 0 Å². The van der Waals surface area contributed by atoms with Crippen molar-refractivity contribution in [3.05, 3.63) is 65.3 Å². The number of aromatic nitrogens is 2. The van der Waals surface area contributed by atoms with Crippen LogP contribution in [-0.2, 0) is 11.2 Å². The maximum absolute atomic E-state index is 13.1. The SMILES string of the molecule is O=C(CCc1nc(-c2cccc(Cl)c2)no1)N1CCN(c2ccc(F)cc2)CC1. The van der Waals surface area contributed by atoms with Gasteiger partial charge in [0.15, 0.2) is 0 Å². The van der Waals surface area contributed by atoms with Gasteiger partial charge in [0.05, 0.1) is 0 Å². The maximum Gasteiger partial charge on any atom is 0.227 e. The van der Waals surface area contributed by atoms with Crippen LogP contribution in [0.15, 0.2) is 53.1 Å². The van der Waals surface area contributed by atoms with Crippen molar-refractivity contribution >= 4 is 23.2 Å². The highest BCUT2D eigenvalue weighted by molar-refractivity contribution is 6.30. The summed E-state index contributed by atoms with van der Waals surface area (Å²) in [5, 5.41) is 4.57. The van der Waals surface area contributed by atoms with Crippen molar-refractivity contribution in [2.24, 2.45) is 0 Å². The molecule has 2 heterocycles. The van der Waals surface area contributed by atoms with E-state index in [0.717, 1.165) is 24.3 Å². The van der Waals surface area contributed by atoms with Gasteiger partial charge in [-0.25, -0.2) is 4.39 Å². The second-order valence-corrected chi connectivity index (χ2v) is 7.30. The summed E-state index contributed by atoms with van der Waals surface area (Å²) < 4.78 is 18.3. The van der Waals surface area contributed by atoms with Gasteiger partial charge in [-0.05, 0) is 36.4 Å². The van der Waals surface area contributed by atoms with Gasteiger partial charge in [0, 0.05) is 55.3 Å². The minimum atomic E-state index is -0.248. The van der Waals surface area contributed by atoms with E-state index in [0.29, 0.717) is 42.7 Å². The van der Waals surface area contributed by atoms with Crippen molar-refractivity contribution in [3.63, 3.8) is 0 Å². The Morgan fingerprint density at radius 1 is 1.10 bits per heavy atom. The van der Waals surface area contributed by atoms with Crippen LogP contribution in [0.25, 0.3) is 11.4 Å². The third-order valence-electron chi connectivity index (χ3n) is 4.93. The Morgan fingerprint density at radius 3 is 2.59 bits per heavy atom. The van der Waals surface area contributed by atoms with Gasteiger partial charge in [-0.3, -0.25) is 4.79 Å². The fourth-order valence-electron chi connectivity index (χ4n) is 3.34. The predicted molar refractivity (Wildman–Crippen MR) is 108 cm³/mol. The molecule has 3 aromatic rings. The third-order valence-corrected chi connectivity index (χ3v) is 5.16. The van der Waals surface area contributed by atoms with Crippen LogP contribution in [-0.4, -0.2) is 47.1 Å². The van der Waals surface area contributed by atoms with E-state index in [2.05, 4.69) is 15.0 Å². The standard InChI is InChI=1S/C21H20ClFN4O2/c22-16-3-1-2-15(14-16)21-24-19(29-25-21)8-9-20(28)27-12-10-26(11-13-27)18-6-4-17(23)5-7-18/h1-7,14H,8-13H2. The molecule has 29 heavy (non-hydrogen) atoms. The van der Waals surface area contributed by atoms with E-state index in [-0.39, 0.29) is 11.7 Å². The molecule has 0 saturated carbocycles. The molecule has 0 N–H and O–H groups in total. The molecule has 0 bridgehead atoms. The lowest BCUT2D eigenvalue weighted by atomic mass is 10.2. The van der Waals surface area contributed by atoms with Gasteiger partial charge in [0.2, 0.25) is 17.6 Å². The Hall–Kier alpha value is -2.93. The van der Waals surface area contributed by atoms with Gasteiger partial charge in [0.1, 0.15) is 5.82 Å². The Bertz CT molecular complexity index is 984. The molecule has 1 aliphatic heterocycles. The molecule has 6 nitrogen and oxygen atoms in total. The summed E-state index contributed by atoms with van der Waals surface area (Å²) in [5.41, 5.74) is 1.74. The number of piperazine rings is 1. The lowest BCUT2D eigenvalue weighted by Gasteiger charge is -2.36. The number of rotatable bonds is 5. The van der Waals surface area contributed by atoms with Crippen LogP contribution in [0.4, 0.5) is 10.1 Å². The summed E-state index contributed by atoms with van der Waals surface area (Å²) in [6.07, 6.45) is 0.707. The predicted octanol–water partition coefficient (Wildman–Crippen LogP) is 3.81. The topological polar surface area (TPSA) is 62.5 Å². The highest BCUT2D eigenvalue weighted by Gasteiger charge is 2.22. The average molecular weight is 415 g/mol. The molecule has 0 aliphatic carbocycles. The fourth-order valence-corrected chi connectivity index (χ4v) is 3.53. The van der Waals surface area contributed by atoms with Crippen molar-refractivity contribution in [2.75, 3.05) is 31.1 Å². The lowest BCUT2D eigenvalue weighted by molar-refractivity contribution is -0.131. The molecule has 150 valence electrons. The Kier molecular flexibility index (Phi) is 5.76. The van der Waals surface area contributed by atoms with E-state index in [1.807, 2.05) is 17.0 Å². The van der Waals surface area contributed by atoms with Crippen LogP contribution < -0.4 is 4.90 Å². The zero-order valence-electron chi connectivity index (χ0n) is 15.7. The molecule has 1 saturated heterocycles. The van der Waals surface area contributed by atoms with Crippen LogP contribution in [0.2, 0.25) is 5.02 Å². The molecule has 0 atom stereocenters. The van der Waals surface area contributed by atoms with Gasteiger partial charge in [-0.2, -0.15) is 4.98 Å². The summed E-state index contributed by atoms with van der Waals surface area (Å²) in [6, 6.07) is 13.7. The van der Waals surface area contributed by atoms with Crippen LogP contribution in [0.5, 0.6) is 0 Å². The number of aryl methyl sites for hydroxylation is 1. The number of carbonyl (C=O) groups is 1. The van der Waals surface area contributed by atoms with Crippen LogP contribution in [0.1, 0.15) is 12.3 Å². The molecule has 0 spiro atoms. The number of nitrogens with zero attached hydrogens (tertiary/aromatic N) is 4. The van der Waals surface area contributed by atoms with Gasteiger partial charge in [0.25, 0.3) is 0 Å². The van der Waals surface area contributed by atoms with Gasteiger partial charge < -0.3 is 14.3 Å². The molecule has 1 aromatic heterocycles. The molecule has 0 unspecified atom stereocenters. The highest BCUT2D eigenvalue weighted by Crippen LogP contribution is 2.21. The van der Waals surface area contributed by atoms with E-state index in [1.54, 1.807) is 24.3 Å². The molecule has 1 aliphatic rings. The number of benzene rings is 2. The Labute approximate surface area is 172 Å². The first-order valence-electron chi connectivity index (χ1n) is 9.45. The van der Waals surface area contributed by atoms with Crippen molar-refractivity contribution in [1.82, 2.24) is 15.0 Å². The molecular weight excluding hydrogens is 395 g/mol. The van der Waals surface area contributed by atoms with Crippen molar-refractivity contribution in [2.45, 2.75) is 12.8 Å². The smallest absolute Gasteiger partial charge is 0.227 e. The molecule has 1 amide bonds. The van der Waals surface area contributed by atoms with E-state index in [4.69, 9.17) is 16.1 Å². The average Bonchev–Trinajstić information content (AvgIpc) is 3.22. The number of hydrogen-bond donors (Lipinski definition) is 0. The van der Waals surface area contributed by atoms with E-state index in [9.17, 15) is 9.18 Å². The third kappa shape index (κ3) is 4.74. The fraction of sp³-hybridized carbons (Fsp3) is 0.286. The van der Waals surface area contributed by atoms with E-state index in [1.165, 1.54) is 12.1 Å². The number of amides is 1. The Balaban J connectivity index is 1.28.